The van der Waals surface area contributed by atoms with E-state index in [1.165, 1.54) is 0 Å². The van der Waals surface area contributed by atoms with E-state index in [0.717, 1.165) is 16.6 Å². The first-order valence-electron chi connectivity index (χ1n) is 11.0. The summed E-state index contributed by atoms with van der Waals surface area (Å²) in [5, 5.41) is 8.26. The maximum atomic E-state index is 13.5. The van der Waals surface area contributed by atoms with Crippen LogP contribution in [-0.4, -0.2) is 36.8 Å². The predicted molar refractivity (Wildman–Crippen MR) is 131 cm³/mol. The molecular weight excluding hydrogens is 428 g/mol. The molecule has 0 atom stereocenters. The van der Waals surface area contributed by atoms with Gasteiger partial charge in [0.05, 0.1) is 40.9 Å². The second-order valence-electron chi connectivity index (χ2n) is 7.93. The molecule has 0 aliphatic rings. The van der Waals surface area contributed by atoms with Crippen LogP contribution in [0.5, 0.6) is 5.75 Å². The highest BCUT2D eigenvalue weighted by molar-refractivity contribution is 6.13. The number of anilines is 1. The highest BCUT2D eigenvalue weighted by Crippen LogP contribution is 2.29. The average molecular weight is 453 g/mol. The summed E-state index contributed by atoms with van der Waals surface area (Å²) in [6.07, 6.45) is 5.35. The molecule has 5 rings (SSSR count). The van der Waals surface area contributed by atoms with Crippen molar-refractivity contribution in [3.8, 4) is 17.0 Å². The largest absolute Gasteiger partial charge is 0.490 e. The van der Waals surface area contributed by atoms with Crippen LogP contribution in [0.3, 0.4) is 0 Å². The lowest BCUT2D eigenvalue weighted by Crippen LogP contribution is -2.15. The fourth-order valence-corrected chi connectivity index (χ4v) is 3.95. The Morgan fingerprint density at radius 1 is 1.09 bits per heavy atom. The minimum Gasteiger partial charge on any atom is -0.490 e. The summed E-state index contributed by atoms with van der Waals surface area (Å²) in [5.41, 5.74) is 4.17. The van der Waals surface area contributed by atoms with E-state index in [9.17, 15) is 4.79 Å². The molecule has 0 radical (unpaired) electrons. The molecule has 0 spiro atoms. The number of aryl methyl sites for hydroxylation is 2. The number of fused-ring (bicyclic) bond motifs is 1. The van der Waals surface area contributed by atoms with Gasteiger partial charge in [0.25, 0.3) is 5.91 Å². The normalized spacial score (nSPS) is 11.0. The van der Waals surface area contributed by atoms with Crippen LogP contribution < -0.4 is 10.1 Å². The molecule has 8 heteroatoms. The van der Waals surface area contributed by atoms with Crippen LogP contribution in [0.4, 0.5) is 5.69 Å². The first kappa shape index (κ1) is 21.4. The number of carbonyl (C=O) groups excluding carboxylic acids is 1. The summed E-state index contributed by atoms with van der Waals surface area (Å²) in [6.45, 7) is 2.99. The summed E-state index contributed by atoms with van der Waals surface area (Å²) in [6, 6.07) is 19.0. The molecule has 0 unspecified atom stereocenters. The molecule has 0 fully saturated rings. The standard InChI is InChI=1S/C26H24N6O2/c1-18-24-20(16-22(19-8-4-3-5-9-19)28-25(24)31(2)30-18)26(33)29-21-10-6-7-11-23(21)34-15-14-32-13-12-27-17-32/h3-13,16-17H,14-15H2,1-2H3,(H,29,33). The Morgan fingerprint density at radius 2 is 1.88 bits per heavy atom. The summed E-state index contributed by atoms with van der Waals surface area (Å²) in [7, 11) is 1.84. The maximum absolute atomic E-state index is 13.5. The molecule has 34 heavy (non-hydrogen) atoms. The Hall–Kier alpha value is -4.46. The third kappa shape index (κ3) is 4.25. The Balaban J connectivity index is 1.46. The van der Waals surface area contributed by atoms with Crippen LogP contribution >= 0.6 is 0 Å². The van der Waals surface area contributed by atoms with E-state index >= 15 is 0 Å². The molecule has 0 saturated heterocycles. The number of imidazole rings is 1. The zero-order valence-corrected chi connectivity index (χ0v) is 19.0. The highest BCUT2D eigenvalue weighted by Gasteiger charge is 2.20. The van der Waals surface area contributed by atoms with Gasteiger partial charge in [-0.3, -0.25) is 9.48 Å². The van der Waals surface area contributed by atoms with Crippen molar-refractivity contribution in [1.82, 2.24) is 24.3 Å². The van der Waals surface area contributed by atoms with Gasteiger partial charge in [0, 0.05) is 25.0 Å². The number of ether oxygens (including phenoxy) is 1. The van der Waals surface area contributed by atoms with Gasteiger partial charge >= 0.3 is 0 Å². The number of hydrogen-bond donors (Lipinski definition) is 1. The molecule has 0 aliphatic carbocycles. The van der Waals surface area contributed by atoms with Crippen molar-refractivity contribution in [1.29, 1.82) is 0 Å². The minimum absolute atomic E-state index is 0.244. The number of carbonyl (C=O) groups is 1. The molecule has 0 bridgehead atoms. The Morgan fingerprint density at radius 3 is 2.68 bits per heavy atom. The first-order valence-corrected chi connectivity index (χ1v) is 11.0. The number of nitrogens with one attached hydrogen (secondary N) is 1. The molecule has 2 aromatic carbocycles. The van der Waals surface area contributed by atoms with E-state index in [1.54, 1.807) is 17.2 Å². The number of hydrogen-bond acceptors (Lipinski definition) is 5. The van der Waals surface area contributed by atoms with Crippen LogP contribution in [0.25, 0.3) is 22.3 Å². The number of benzene rings is 2. The SMILES string of the molecule is Cc1nn(C)c2nc(-c3ccccc3)cc(C(=O)Nc3ccccc3OCCn3ccnc3)c12. The van der Waals surface area contributed by atoms with Crippen LogP contribution in [0, 0.1) is 6.92 Å². The average Bonchev–Trinajstić information content (AvgIpc) is 3.48. The molecule has 1 amide bonds. The highest BCUT2D eigenvalue weighted by atomic mass is 16.5. The molecule has 8 nitrogen and oxygen atoms in total. The smallest absolute Gasteiger partial charge is 0.256 e. The molecule has 3 aromatic heterocycles. The van der Waals surface area contributed by atoms with E-state index in [4.69, 9.17) is 9.72 Å². The van der Waals surface area contributed by atoms with Crippen LogP contribution in [0.2, 0.25) is 0 Å². The van der Waals surface area contributed by atoms with Crippen LogP contribution in [0.1, 0.15) is 16.1 Å². The Labute approximate surface area is 196 Å². The van der Waals surface area contributed by atoms with Crippen LogP contribution in [0.15, 0.2) is 79.4 Å². The number of nitrogens with zero attached hydrogens (tertiary/aromatic N) is 5. The summed E-state index contributed by atoms with van der Waals surface area (Å²) in [4.78, 5) is 22.4. The third-order valence-corrected chi connectivity index (χ3v) is 5.58. The molecule has 0 aliphatic heterocycles. The van der Waals surface area contributed by atoms with Gasteiger partial charge < -0.3 is 14.6 Å². The van der Waals surface area contributed by atoms with E-state index in [2.05, 4.69) is 15.4 Å². The quantitative estimate of drug-likeness (QED) is 0.394. The lowest BCUT2D eigenvalue weighted by molar-refractivity contribution is 0.102. The maximum Gasteiger partial charge on any atom is 0.256 e. The van der Waals surface area contributed by atoms with Gasteiger partial charge in [-0.15, -0.1) is 0 Å². The summed E-state index contributed by atoms with van der Waals surface area (Å²) >= 11 is 0. The predicted octanol–water partition coefficient (Wildman–Crippen LogP) is 4.47. The van der Waals surface area contributed by atoms with E-state index in [1.807, 2.05) is 85.4 Å². The second kappa shape index (κ2) is 9.19. The molecule has 0 saturated carbocycles. The van der Waals surface area contributed by atoms with E-state index < -0.39 is 0 Å². The van der Waals surface area contributed by atoms with Crippen molar-refractivity contribution in [2.45, 2.75) is 13.5 Å². The Bertz CT molecular complexity index is 1440. The van der Waals surface area contributed by atoms with Crippen molar-refractivity contribution in [3.63, 3.8) is 0 Å². The van der Waals surface area contributed by atoms with Crippen LogP contribution in [-0.2, 0) is 13.6 Å². The molecule has 5 aromatic rings. The minimum atomic E-state index is -0.244. The number of amides is 1. The van der Waals surface area contributed by atoms with Crippen molar-refractivity contribution >= 4 is 22.6 Å². The third-order valence-electron chi connectivity index (χ3n) is 5.58. The van der Waals surface area contributed by atoms with Crippen molar-refractivity contribution in [3.05, 3.63) is 90.6 Å². The van der Waals surface area contributed by atoms with Gasteiger partial charge in [0.1, 0.15) is 12.4 Å². The van der Waals surface area contributed by atoms with Crippen molar-refractivity contribution < 1.29 is 9.53 Å². The van der Waals surface area contributed by atoms with Crippen molar-refractivity contribution in [2.24, 2.45) is 7.05 Å². The first-order chi connectivity index (χ1) is 16.6. The van der Waals surface area contributed by atoms with E-state index in [0.29, 0.717) is 41.5 Å². The number of pyridine rings is 1. The van der Waals surface area contributed by atoms with E-state index in [-0.39, 0.29) is 5.91 Å². The fourth-order valence-electron chi connectivity index (χ4n) is 3.95. The fraction of sp³-hybridized carbons (Fsp3) is 0.154. The molecule has 3 heterocycles. The van der Waals surface area contributed by atoms with Crippen molar-refractivity contribution in [2.75, 3.05) is 11.9 Å². The zero-order valence-electron chi connectivity index (χ0n) is 19.0. The van der Waals surface area contributed by atoms with Gasteiger partial charge in [-0.1, -0.05) is 42.5 Å². The molecular formula is C26H24N6O2. The summed E-state index contributed by atoms with van der Waals surface area (Å²) < 4.78 is 9.61. The number of para-hydroxylation sites is 2. The van der Waals surface area contributed by atoms with Gasteiger partial charge in [-0.05, 0) is 25.1 Å². The molecule has 170 valence electrons. The summed E-state index contributed by atoms with van der Waals surface area (Å²) in [5.74, 6) is 0.360. The van der Waals surface area contributed by atoms with Gasteiger partial charge in [-0.25, -0.2) is 9.97 Å². The monoisotopic (exact) mass is 452 g/mol. The van der Waals surface area contributed by atoms with Gasteiger partial charge in [-0.2, -0.15) is 5.10 Å². The number of aromatic nitrogens is 5. The van der Waals surface area contributed by atoms with Gasteiger partial charge in [0.15, 0.2) is 5.65 Å². The topological polar surface area (TPSA) is 86.9 Å². The lowest BCUT2D eigenvalue weighted by atomic mass is 10.0. The zero-order chi connectivity index (χ0) is 23.5. The number of rotatable bonds is 7. The second-order valence-corrected chi connectivity index (χ2v) is 7.93. The molecule has 1 N–H and O–H groups in total. The van der Waals surface area contributed by atoms with Gasteiger partial charge in [0.2, 0.25) is 0 Å². The Kier molecular flexibility index (Phi) is 5.78. The lowest BCUT2D eigenvalue weighted by Gasteiger charge is -2.14.